The standard InChI is InChI=1S/C10H11N3O5/c1-2-3-10(14)11-8-5-4-7(12(15)16)6-9(8)13(17)18/h4-6H,2-3H2,1H3,(H,11,14). The van der Waals surface area contributed by atoms with Gasteiger partial charge in [-0.15, -0.1) is 0 Å². The van der Waals surface area contributed by atoms with Crippen LogP contribution >= 0.6 is 0 Å². The first kappa shape index (κ1) is 13.6. The highest BCUT2D eigenvalue weighted by molar-refractivity contribution is 5.93. The Labute approximate surface area is 102 Å². The van der Waals surface area contributed by atoms with Gasteiger partial charge >= 0.3 is 0 Å². The largest absolute Gasteiger partial charge is 0.320 e. The summed E-state index contributed by atoms with van der Waals surface area (Å²) in [6.07, 6.45) is 0.834. The van der Waals surface area contributed by atoms with Crippen molar-refractivity contribution in [1.29, 1.82) is 0 Å². The molecule has 0 aliphatic heterocycles. The molecule has 18 heavy (non-hydrogen) atoms. The Balaban J connectivity index is 3.08. The minimum Gasteiger partial charge on any atom is -0.320 e. The fourth-order valence-corrected chi connectivity index (χ4v) is 1.33. The molecule has 8 nitrogen and oxygen atoms in total. The minimum absolute atomic E-state index is 0.0379. The molecular weight excluding hydrogens is 242 g/mol. The summed E-state index contributed by atoms with van der Waals surface area (Å²) in [7, 11) is 0. The number of benzene rings is 1. The normalized spacial score (nSPS) is 9.83. The van der Waals surface area contributed by atoms with Gasteiger partial charge in [-0.3, -0.25) is 25.0 Å². The van der Waals surface area contributed by atoms with Crippen molar-refractivity contribution in [1.82, 2.24) is 0 Å². The molecule has 0 saturated heterocycles. The van der Waals surface area contributed by atoms with E-state index in [1.54, 1.807) is 6.92 Å². The van der Waals surface area contributed by atoms with Gasteiger partial charge in [0.2, 0.25) is 5.91 Å². The van der Waals surface area contributed by atoms with Gasteiger partial charge in [0.05, 0.1) is 15.9 Å². The first-order valence-corrected chi connectivity index (χ1v) is 5.18. The number of non-ortho nitro benzene ring substituents is 1. The fourth-order valence-electron chi connectivity index (χ4n) is 1.33. The Morgan fingerprint density at radius 2 is 1.94 bits per heavy atom. The van der Waals surface area contributed by atoms with E-state index in [1.165, 1.54) is 0 Å². The van der Waals surface area contributed by atoms with E-state index in [4.69, 9.17) is 0 Å². The van der Waals surface area contributed by atoms with Crippen LogP contribution in [0.5, 0.6) is 0 Å². The number of carbonyl (C=O) groups is 1. The van der Waals surface area contributed by atoms with Crippen LogP contribution in [0.3, 0.4) is 0 Å². The number of rotatable bonds is 5. The Bertz CT molecular complexity index is 500. The third-order valence-corrected chi connectivity index (χ3v) is 2.14. The number of amides is 1. The molecule has 0 atom stereocenters. The Morgan fingerprint density at radius 1 is 1.28 bits per heavy atom. The molecule has 0 spiro atoms. The molecule has 0 aliphatic rings. The lowest BCUT2D eigenvalue weighted by atomic mass is 10.2. The van der Waals surface area contributed by atoms with Crippen LogP contribution in [0.25, 0.3) is 0 Å². The maximum Gasteiger partial charge on any atom is 0.299 e. The van der Waals surface area contributed by atoms with Gasteiger partial charge in [-0.05, 0) is 12.5 Å². The topological polar surface area (TPSA) is 115 Å². The predicted molar refractivity (Wildman–Crippen MR) is 63.3 cm³/mol. The number of hydrogen-bond acceptors (Lipinski definition) is 5. The van der Waals surface area contributed by atoms with Gasteiger partial charge in [-0.1, -0.05) is 6.92 Å². The first-order chi connectivity index (χ1) is 8.45. The summed E-state index contributed by atoms with van der Waals surface area (Å²) < 4.78 is 0. The summed E-state index contributed by atoms with van der Waals surface area (Å²) in [4.78, 5) is 31.1. The predicted octanol–water partition coefficient (Wildman–Crippen LogP) is 2.24. The lowest BCUT2D eigenvalue weighted by Crippen LogP contribution is -2.12. The number of nitro benzene ring substituents is 2. The molecule has 1 aromatic rings. The van der Waals surface area contributed by atoms with Crippen LogP contribution in [-0.2, 0) is 4.79 Å². The van der Waals surface area contributed by atoms with Crippen LogP contribution in [-0.4, -0.2) is 15.8 Å². The van der Waals surface area contributed by atoms with Crippen LogP contribution in [0.15, 0.2) is 18.2 Å². The molecule has 1 aromatic carbocycles. The van der Waals surface area contributed by atoms with Gasteiger partial charge in [0, 0.05) is 12.5 Å². The van der Waals surface area contributed by atoms with Gasteiger partial charge in [0.25, 0.3) is 11.4 Å². The Morgan fingerprint density at radius 3 is 2.44 bits per heavy atom. The summed E-state index contributed by atoms with van der Waals surface area (Å²) in [5.41, 5.74) is -0.923. The van der Waals surface area contributed by atoms with Gasteiger partial charge in [0.15, 0.2) is 0 Å². The SMILES string of the molecule is CCCC(=O)Nc1ccc([N+](=O)[O-])cc1[N+](=O)[O-]. The maximum atomic E-state index is 11.3. The van der Waals surface area contributed by atoms with Crippen LogP contribution < -0.4 is 5.32 Å². The number of hydrogen-bond donors (Lipinski definition) is 1. The smallest absolute Gasteiger partial charge is 0.299 e. The van der Waals surface area contributed by atoms with Crippen LogP contribution in [0, 0.1) is 20.2 Å². The van der Waals surface area contributed by atoms with E-state index in [-0.39, 0.29) is 18.0 Å². The third-order valence-electron chi connectivity index (χ3n) is 2.14. The van der Waals surface area contributed by atoms with E-state index >= 15 is 0 Å². The fraction of sp³-hybridized carbons (Fsp3) is 0.300. The number of nitrogens with one attached hydrogen (secondary N) is 1. The molecule has 96 valence electrons. The third kappa shape index (κ3) is 3.24. The minimum atomic E-state index is -0.769. The second kappa shape index (κ2) is 5.71. The molecule has 0 fully saturated rings. The number of nitrogens with zero attached hydrogens (tertiary/aromatic N) is 2. The highest BCUT2D eigenvalue weighted by Crippen LogP contribution is 2.28. The summed E-state index contributed by atoms with van der Waals surface area (Å²) in [6.45, 7) is 1.80. The van der Waals surface area contributed by atoms with Gasteiger partial charge in [-0.25, -0.2) is 0 Å². The number of nitro groups is 2. The molecule has 0 unspecified atom stereocenters. The molecule has 0 bridgehead atoms. The van der Waals surface area contributed by atoms with Crippen molar-refractivity contribution in [3.05, 3.63) is 38.4 Å². The number of carbonyl (C=O) groups excluding carboxylic acids is 1. The van der Waals surface area contributed by atoms with E-state index in [9.17, 15) is 25.0 Å². The van der Waals surface area contributed by atoms with E-state index < -0.39 is 21.2 Å². The van der Waals surface area contributed by atoms with Crippen LogP contribution in [0.4, 0.5) is 17.1 Å². The molecule has 8 heteroatoms. The zero-order chi connectivity index (χ0) is 13.7. The van der Waals surface area contributed by atoms with Crippen LogP contribution in [0.1, 0.15) is 19.8 Å². The summed E-state index contributed by atoms with van der Waals surface area (Å²) in [5.74, 6) is -0.366. The quantitative estimate of drug-likeness (QED) is 0.638. The average molecular weight is 253 g/mol. The molecule has 1 amide bonds. The summed E-state index contributed by atoms with van der Waals surface area (Å²) >= 11 is 0. The highest BCUT2D eigenvalue weighted by atomic mass is 16.6. The molecule has 1 rings (SSSR count). The average Bonchev–Trinajstić information content (AvgIpc) is 2.29. The van der Waals surface area contributed by atoms with Crippen molar-refractivity contribution >= 4 is 23.0 Å². The lowest BCUT2D eigenvalue weighted by Gasteiger charge is -2.04. The van der Waals surface area contributed by atoms with Gasteiger partial charge < -0.3 is 5.32 Å². The molecule has 1 N–H and O–H groups in total. The van der Waals surface area contributed by atoms with Crippen molar-refractivity contribution < 1.29 is 14.6 Å². The summed E-state index contributed by atoms with van der Waals surface area (Å²) in [5, 5.41) is 23.6. The van der Waals surface area contributed by atoms with Crippen molar-refractivity contribution in [3.63, 3.8) is 0 Å². The molecule has 0 aromatic heterocycles. The van der Waals surface area contributed by atoms with Crippen molar-refractivity contribution in [2.24, 2.45) is 0 Å². The van der Waals surface area contributed by atoms with Gasteiger partial charge in [-0.2, -0.15) is 0 Å². The molecular formula is C10H11N3O5. The second-order valence-electron chi connectivity index (χ2n) is 3.51. The maximum absolute atomic E-state index is 11.3. The van der Waals surface area contributed by atoms with Crippen molar-refractivity contribution in [2.75, 3.05) is 5.32 Å². The van der Waals surface area contributed by atoms with Crippen molar-refractivity contribution in [3.8, 4) is 0 Å². The Kier molecular flexibility index (Phi) is 4.30. The Hall–Kier alpha value is -2.51. The van der Waals surface area contributed by atoms with Crippen molar-refractivity contribution in [2.45, 2.75) is 19.8 Å². The zero-order valence-electron chi connectivity index (χ0n) is 9.58. The molecule has 0 aliphatic carbocycles. The monoisotopic (exact) mass is 253 g/mol. The van der Waals surface area contributed by atoms with Crippen LogP contribution in [0.2, 0.25) is 0 Å². The highest BCUT2D eigenvalue weighted by Gasteiger charge is 2.20. The van der Waals surface area contributed by atoms with E-state index in [0.29, 0.717) is 6.42 Å². The second-order valence-corrected chi connectivity index (χ2v) is 3.51. The lowest BCUT2D eigenvalue weighted by molar-refractivity contribution is -0.393. The zero-order valence-corrected chi connectivity index (χ0v) is 9.58. The number of anilines is 1. The molecule has 0 saturated carbocycles. The van der Waals surface area contributed by atoms with E-state index in [0.717, 1.165) is 18.2 Å². The van der Waals surface area contributed by atoms with E-state index in [2.05, 4.69) is 5.32 Å². The molecule has 0 heterocycles. The summed E-state index contributed by atoms with van der Waals surface area (Å²) in [6, 6.07) is 3.08. The molecule has 0 radical (unpaired) electrons. The van der Waals surface area contributed by atoms with Gasteiger partial charge in [0.1, 0.15) is 5.69 Å². The van der Waals surface area contributed by atoms with E-state index in [1.807, 2.05) is 0 Å². The first-order valence-electron chi connectivity index (χ1n) is 5.18.